The van der Waals surface area contributed by atoms with Crippen LogP contribution in [0.15, 0.2) is 77.1 Å². The third kappa shape index (κ3) is 4.01. The third-order valence-corrected chi connectivity index (χ3v) is 7.36. The van der Waals surface area contributed by atoms with Crippen LogP contribution in [0.3, 0.4) is 0 Å². The van der Waals surface area contributed by atoms with Gasteiger partial charge in [-0.25, -0.2) is 13.8 Å². The number of nitrogens with zero attached hydrogens (tertiary/aromatic N) is 3. The maximum Gasteiger partial charge on any atom is 0.269 e. The Morgan fingerprint density at radius 2 is 1.83 bits per heavy atom. The molecule has 4 rings (SSSR count). The number of hydrogen-bond acceptors (Lipinski definition) is 5. The molecule has 6 nitrogen and oxygen atoms in total. The lowest BCUT2D eigenvalue weighted by Gasteiger charge is -2.43. The van der Waals surface area contributed by atoms with Gasteiger partial charge in [-0.3, -0.25) is 4.79 Å². The summed E-state index contributed by atoms with van der Waals surface area (Å²) in [6.07, 6.45) is 2.94. The van der Waals surface area contributed by atoms with Crippen molar-refractivity contribution in [3.05, 3.63) is 95.5 Å². The third-order valence-electron chi connectivity index (χ3n) is 7.36. The fourth-order valence-electron chi connectivity index (χ4n) is 5.54. The van der Waals surface area contributed by atoms with E-state index in [9.17, 15) is 13.6 Å². The van der Waals surface area contributed by atoms with Crippen LogP contribution in [0.4, 0.5) is 8.78 Å². The van der Waals surface area contributed by atoms with E-state index in [0.717, 1.165) is 0 Å². The van der Waals surface area contributed by atoms with Crippen molar-refractivity contribution in [2.75, 3.05) is 13.2 Å². The molecule has 0 radical (unpaired) electrons. The zero-order chi connectivity index (χ0) is 25.4. The zero-order valence-electron chi connectivity index (χ0n) is 19.8. The highest BCUT2D eigenvalue weighted by molar-refractivity contribution is 5.92. The molecule has 1 aromatic heterocycles. The summed E-state index contributed by atoms with van der Waals surface area (Å²) in [4.78, 5) is 17.2. The Bertz CT molecular complexity index is 1250. The molecule has 2 N–H and O–H groups in total. The number of fused-ring (bicyclic) bond motifs is 2. The number of amides is 1. The molecule has 8 heteroatoms. The van der Waals surface area contributed by atoms with E-state index in [0.29, 0.717) is 29.8 Å². The Hall–Kier alpha value is -3.52. The van der Waals surface area contributed by atoms with E-state index in [1.807, 2.05) is 6.07 Å². The highest BCUT2D eigenvalue weighted by Gasteiger charge is 2.59. The number of carbonyl (C=O) groups is 1. The Balaban J connectivity index is 1.85. The standard InChI is InChI=1S/C27H28F2N4O2/c1-16-15-22(24-19(28)7-5-8-20(24)29)33-32-17(2)27(12-11-18(16)26(27,3)4)23-10-6-9-21(31-23)25(35)30-13-14-34/h5-10,15,18,34H,1-2,11-14H2,3-4H3,(H,30,35)/b22-15-,33-32?/t18-,27?/m1/s1. The van der Waals surface area contributed by atoms with Gasteiger partial charge in [-0.05, 0) is 60.1 Å². The van der Waals surface area contributed by atoms with Gasteiger partial charge < -0.3 is 10.4 Å². The summed E-state index contributed by atoms with van der Waals surface area (Å²) < 4.78 is 29.2. The monoisotopic (exact) mass is 478 g/mol. The van der Waals surface area contributed by atoms with E-state index in [1.165, 1.54) is 18.2 Å². The van der Waals surface area contributed by atoms with Crippen molar-refractivity contribution < 1.29 is 18.7 Å². The minimum Gasteiger partial charge on any atom is -0.395 e. The second kappa shape index (κ2) is 9.26. The second-order valence-electron chi connectivity index (χ2n) is 9.45. The zero-order valence-corrected chi connectivity index (χ0v) is 19.8. The molecule has 0 spiro atoms. The number of aromatic nitrogens is 1. The summed E-state index contributed by atoms with van der Waals surface area (Å²) in [6.45, 7) is 12.5. The maximum atomic E-state index is 14.6. The van der Waals surface area contributed by atoms with Crippen LogP contribution < -0.4 is 5.32 Å². The summed E-state index contributed by atoms with van der Waals surface area (Å²) in [5.74, 6) is -1.96. The number of hydrogen-bond donors (Lipinski definition) is 2. The van der Waals surface area contributed by atoms with Gasteiger partial charge in [0.1, 0.15) is 17.3 Å². The van der Waals surface area contributed by atoms with Gasteiger partial charge in [0.2, 0.25) is 0 Å². The van der Waals surface area contributed by atoms with Crippen LogP contribution in [-0.2, 0) is 5.41 Å². The summed E-state index contributed by atoms with van der Waals surface area (Å²) >= 11 is 0. The van der Waals surface area contributed by atoms with Crippen LogP contribution in [0.2, 0.25) is 0 Å². The SMILES string of the molecule is C=C1/C=C(/c2c(F)cccc2F)N=NC(=C)C2(c3cccc(C(=O)NCCO)n3)CC[C@H]1C2(C)C. The number of nitrogens with one attached hydrogen (secondary N) is 1. The normalized spacial score (nSPS) is 24.8. The molecule has 1 saturated carbocycles. The average Bonchev–Trinajstić information content (AvgIpc) is 3.12. The first kappa shape index (κ1) is 24.6. The molecule has 182 valence electrons. The molecule has 1 aliphatic carbocycles. The second-order valence-corrected chi connectivity index (χ2v) is 9.45. The molecule has 35 heavy (non-hydrogen) atoms. The van der Waals surface area contributed by atoms with Gasteiger partial charge in [0.05, 0.1) is 34.7 Å². The number of rotatable bonds is 5. The molecule has 2 aromatic rings. The molecule has 1 aliphatic heterocycles. The van der Waals surface area contributed by atoms with Gasteiger partial charge >= 0.3 is 0 Å². The van der Waals surface area contributed by atoms with E-state index in [4.69, 9.17) is 5.11 Å². The van der Waals surface area contributed by atoms with Crippen molar-refractivity contribution in [1.82, 2.24) is 10.3 Å². The minimum atomic E-state index is -0.797. The summed E-state index contributed by atoms with van der Waals surface area (Å²) in [5.41, 5.74) is 0.356. The van der Waals surface area contributed by atoms with Gasteiger partial charge in [-0.1, -0.05) is 39.1 Å². The van der Waals surface area contributed by atoms with Crippen molar-refractivity contribution in [2.45, 2.75) is 32.1 Å². The summed E-state index contributed by atoms with van der Waals surface area (Å²) in [5, 5.41) is 20.3. The molecule has 1 unspecified atom stereocenters. The first-order chi connectivity index (χ1) is 16.6. The van der Waals surface area contributed by atoms with Gasteiger partial charge in [0.15, 0.2) is 0 Å². The minimum absolute atomic E-state index is 0.0374. The lowest BCUT2D eigenvalue weighted by Crippen LogP contribution is -2.42. The Kier molecular flexibility index (Phi) is 6.51. The molecule has 1 aromatic carbocycles. The van der Waals surface area contributed by atoms with Crippen molar-refractivity contribution in [3.63, 3.8) is 0 Å². The first-order valence-electron chi connectivity index (χ1n) is 11.5. The van der Waals surface area contributed by atoms with Crippen molar-refractivity contribution >= 4 is 11.6 Å². The molecule has 2 aliphatic rings. The van der Waals surface area contributed by atoms with Gasteiger partial charge in [0, 0.05) is 6.54 Å². The number of aliphatic hydroxyl groups excluding tert-OH is 1. The number of carbonyl (C=O) groups excluding carboxylic acids is 1. The largest absolute Gasteiger partial charge is 0.395 e. The highest BCUT2D eigenvalue weighted by atomic mass is 19.1. The lowest BCUT2D eigenvalue weighted by atomic mass is 9.60. The van der Waals surface area contributed by atoms with Crippen molar-refractivity contribution in [3.8, 4) is 0 Å². The van der Waals surface area contributed by atoms with Gasteiger partial charge in [0.25, 0.3) is 5.91 Å². The molecule has 2 heterocycles. The van der Waals surface area contributed by atoms with Crippen LogP contribution in [-0.4, -0.2) is 29.1 Å². The van der Waals surface area contributed by atoms with Crippen LogP contribution in [0.25, 0.3) is 5.70 Å². The average molecular weight is 479 g/mol. The fourth-order valence-corrected chi connectivity index (χ4v) is 5.54. The molecule has 1 fully saturated rings. The summed E-state index contributed by atoms with van der Waals surface area (Å²) in [6, 6.07) is 8.83. The predicted molar refractivity (Wildman–Crippen MR) is 129 cm³/mol. The number of benzene rings is 1. The molecule has 2 bridgehead atoms. The number of pyridine rings is 1. The fraction of sp³-hybridized carbons (Fsp3) is 0.333. The number of allylic oxidation sites excluding steroid dienone is 3. The number of azo groups is 1. The number of halogens is 2. The molecular weight excluding hydrogens is 450 g/mol. The van der Waals surface area contributed by atoms with Gasteiger partial charge in [-0.2, -0.15) is 10.2 Å². The van der Waals surface area contributed by atoms with E-state index >= 15 is 0 Å². The van der Waals surface area contributed by atoms with E-state index < -0.39 is 28.4 Å². The molecule has 2 atom stereocenters. The van der Waals surface area contributed by atoms with Crippen LogP contribution in [0.5, 0.6) is 0 Å². The van der Waals surface area contributed by atoms with E-state index in [1.54, 1.807) is 18.2 Å². The van der Waals surface area contributed by atoms with E-state index in [-0.39, 0.29) is 36.0 Å². The van der Waals surface area contributed by atoms with Crippen LogP contribution >= 0.6 is 0 Å². The molecule has 1 amide bonds. The Morgan fingerprint density at radius 1 is 1.14 bits per heavy atom. The Labute approximate surface area is 203 Å². The maximum absolute atomic E-state index is 14.6. The van der Waals surface area contributed by atoms with E-state index in [2.05, 4.69) is 47.5 Å². The molecule has 0 saturated heterocycles. The topological polar surface area (TPSA) is 86.9 Å². The van der Waals surface area contributed by atoms with Crippen LogP contribution in [0, 0.1) is 23.0 Å². The lowest BCUT2D eigenvalue weighted by molar-refractivity contribution is 0.0938. The summed E-state index contributed by atoms with van der Waals surface area (Å²) in [7, 11) is 0. The molecular formula is C27H28F2N4O2. The predicted octanol–water partition coefficient (Wildman–Crippen LogP) is 5.33. The Morgan fingerprint density at radius 3 is 2.51 bits per heavy atom. The van der Waals surface area contributed by atoms with Crippen molar-refractivity contribution in [2.24, 2.45) is 21.6 Å². The highest BCUT2D eigenvalue weighted by Crippen LogP contribution is 2.62. The smallest absolute Gasteiger partial charge is 0.269 e. The van der Waals surface area contributed by atoms with Crippen molar-refractivity contribution in [1.29, 1.82) is 0 Å². The number of aliphatic hydroxyl groups is 1. The quantitative estimate of drug-likeness (QED) is 0.609. The van der Waals surface area contributed by atoms with Crippen LogP contribution in [0.1, 0.15) is 48.4 Å². The van der Waals surface area contributed by atoms with Gasteiger partial charge in [-0.15, -0.1) is 0 Å². The first-order valence-corrected chi connectivity index (χ1v) is 11.5.